The average Bonchev–Trinajstić information content (AvgIpc) is 2.78. The molecule has 0 N–H and O–H groups in total. The molecule has 1 aliphatic heterocycles. The summed E-state index contributed by atoms with van der Waals surface area (Å²) in [4.78, 5) is 11.5. The van der Waals surface area contributed by atoms with Gasteiger partial charge < -0.3 is 4.90 Å². The van der Waals surface area contributed by atoms with E-state index in [1.165, 1.54) is 19.3 Å². The number of piperidine rings is 1. The Kier molecular flexibility index (Phi) is 3.42. The number of aryl methyl sites for hydroxylation is 3. The van der Waals surface area contributed by atoms with Crippen LogP contribution in [0.3, 0.4) is 0 Å². The van der Waals surface area contributed by atoms with Crippen molar-refractivity contribution < 1.29 is 0 Å². The minimum absolute atomic E-state index is 0.802. The molecule has 106 valence electrons. The van der Waals surface area contributed by atoms with Crippen LogP contribution < -0.4 is 4.90 Å². The van der Waals surface area contributed by atoms with Gasteiger partial charge >= 0.3 is 0 Å². The van der Waals surface area contributed by atoms with Gasteiger partial charge in [0.1, 0.15) is 11.6 Å². The topological polar surface area (TPSA) is 46.8 Å². The first-order valence-corrected chi connectivity index (χ1v) is 7.28. The fourth-order valence-corrected chi connectivity index (χ4v) is 2.79. The van der Waals surface area contributed by atoms with E-state index < -0.39 is 0 Å². The molecule has 5 heteroatoms. The molecule has 1 saturated heterocycles. The van der Waals surface area contributed by atoms with Gasteiger partial charge in [-0.25, -0.2) is 14.6 Å². The Bertz CT molecular complexity index is 611. The van der Waals surface area contributed by atoms with Crippen LogP contribution in [0.2, 0.25) is 0 Å². The van der Waals surface area contributed by atoms with Crippen molar-refractivity contribution >= 4 is 5.82 Å². The highest BCUT2D eigenvalue weighted by Crippen LogP contribution is 2.20. The zero-order valence-electron chi connectivity index (χ0n) is 12.4. The number of nitrogens with zero attached hydrogens (tertiary/aromatic N) is 5. The van der Waals surface area contributed by atoms with Crippen molar-refractivity contribution in [1.82, 2.24) is 19.7 Å². The van der Waals surface area contributed by atoms with Gasteiger partial charge in [-0.2, -0.15) is 5.10 Å². The minimum Gasteiger partial charge on any atom is -0.356 e. The molecule has 1 fully saturated rings. The Balaban J connectivity index is 1.99. The maximum atomic E-state index is 4.59. The maximum absolute atomic E-state index is 4.59. The second kappa shape index (κ2) is 5.23. The predicted molar refractivity (Wildman–Crippen MR) is 79.4 cm³/mol. The highest BCUT2D eigenvalue weighted by Gasteiger charge is 2.15. The number of anilines is 1. The van der Waals surface area contributed by atoms with E-state index in [2.05, 4.69) is 39.0 Å². The van der Waals surface area contributed by atoms with Gasteiger partial charge in [0.05, 0.1) is 5.69 Å². The smallest absolute Gasteiger partial charge is 0.159 e. The molecule has 5 nitrogen and oxygen atoms in total. The highest BCUT2D eigenvalue weighted by molar-refractivity contribution is 5.45. The van der Waals surface area contributed by atoms with Gasteiger partial charge in [-0.1, -0.05) is 0 Å². The molecular weight excluding hydrogens is 250 g/mol. The van der Waals surface area contributed by atoms with Gasteiger partial charge in [0.2, 0.25) is 0 Å². The zero-order chi connectivity index (χ0) is 14.1. The average molecular weight is 271 g/mol. The Morgan fingerprint density at radius 3 is 2.25 bits per heavy atom. The van der Waals surface area contributed by atoms with Crippen molar-refractivity contribution in [2.24, 2.45) is 0 Å². The zero-order valence-corrected chi connectivity index (χ0v) is 12.4. The fraction of sp³-hybridized carbons (Fsp3) is 0.533. The van der Waals surface area contributed by atoms with E-state index in [4.69, 9.17) is 0 Å². The van der Waals surface area contributed by atoms with E-state index in [1.807, 2.05) is 18.5 Å². The molecule has 0 saturated carbocycles. The van der Waals surface area contributed by atoms with Gasteiger partial charge in [-0.3, -0.25) is 0 Å². The Labute approximate surface area is 119 Å². The number of hydrogen-bond acceptors (Lipinski definition) is 4. The molecule has 0 amide bonds. The number of rotatable bonds is 2. The van der Waals surface area contributed by atoms with Crippen LogP contribution in [0.25, 0.3) is 5.82 Å². The third kappa shape index (κ3) is 2.53. The van der Waals surface area contributed by atoms with E-state index in [1.54, 1.807) is 0 Å². The first-order chi connectivity index (χ1) is 9.63. The van der Waals surface area contributed by atoms with E-state index in [0.717, 1.165) is 41.9 Å². The van der Waals surface area contributed by atoms with E-state index in [0.29, 0.717) is 0 Å². The van der Waals surface area contributed by atoms with Crippen LogP contribution in [0.5, 0.6) is 0 Å². The molecule has 1 aliphatic rings. The van der Waals surface area contributed by atoms with Gasteiger partial charge in [0, 0.05) is 24.8 Å². The van der Waals surface area contributed by atoms with Crippen molar-refractivity contribution in [3.05, 3.63) is 29.3 Å². The monoisotopic (exact) mass is 271 g/mol. The number of hydrogen-bond donors (Lipinski definition) is 0. The third-order valence-electron chi connectivity index (χ3n) is 3.72. The first kappa shape index (κ1) is 13.1. The van der Waals surface area contributed by atoms with Crippen LogP contribution in [0.15, 0.2) is 12.1 Å². The summed E-state index contributed by atoms with van der Waals surface area (Å²) in [5.74, 6) is 2.69. The number of aromatic nitrogens is 4. The Morgan fingerprint density at radius 1 is 0.900 bits per heavy atom. The summed E-state index contributed by atoms with van der Waals surface area (Å²) in [7, 11) is 0. The molecule has 0 atom stereocenters. The normalized spacial score (nSPS) is 15.7. The largest absolute Gasteiger partial charge is 0.356 e. The van der Waals surface area contributed by atoms with Crippen molar-refractivity contribution in [3.8, 4) is 5.82 Å². The van der Waals surface area contributed by atoms with Crippen LogP contribution in [-0.4, -0.2) is 32.8 Å². The molecule has 0 aliphatic carbocycles. The van der Waals surface area contributed by atoms with E-state index in [9.17, 15) is 0 Å². The summed E-state index contributed by atoms with van der Waals surface area (Å²) in [6.07, 6.45) is 3.82. The van der Waals surface area contributed by atoms with Crippen molar-refractivity contribution in [3.63, 3.8) is 0 Å². The van der Waals surface area contributed by atoms with Crippen molar-refractivity contribution in [2.45, 2.75) is 40.0 Å². The molecule has 0 aromatic carbocycles. The highest BCUT2D eigenvalue weighted by atomic mass is 15.3. The summed E-state index contributed by atoms with van der Waals surface area (Å²) in [5, 5.41) is 4.52. The maximum Gasteiger partial charge on any atom is 0.159 e. The lowest BCUT2D eigenvalue weighted by Gasteiger charge is -2.28. The molecule has 0 bridgehead atoms. The van der Waals surface area contributed by atoms with Crippen LogP contribution in [0.1, 0.15) is 36.5 Å². The van der Waals surface area contributed by atoms with Crippen LogP contribution in [0, 0.1) is 20.8 Å². The molecule has 2 aromatic rings. The van der Waals surface area contributed by atoms with Gasteiger partial charge in [0.25, 0.3) is 0 Å². The molecule has 3 rings (SSSR count). The standard InChI is InChI=1S/C15H21N5/c1-11-9-12(2)20(18-11)15-10-14(16-13(3)17-15)19-7-5-4-6-8-19/h9-10H,4-8H2,1-3H3. The lowest BCUT2D eigenvalue weighted by atomic mass is 10.1. The second-order valence-corrected chi connectivity index (χ2v) is 5.52. The fourth-order valence-electron chi connectivity index (χ4n) is 2.79. The Morgan fingerprint density at radius 2 is 1.60 bits per heavy atom. The van der Waals surface area contributed by atoms with Crippen LogP contribution >= 0.6 is 0 Å². The molecule has 3 heterocycles. The van der Waals surface area contributed by atoms with Gasteiger partial charge in [-0.15, -0.1) is 0 Å². The summed E-state index contributed by atoms with van der Waals surface area (Å²) < 4.78 is 1.90. The summed E-state index contributed by atoms with van der Waals surface area (Å²) in [6.45, 7) is 8.18. The first-order valence-electron chi connectivity index (χ1n) is 7.28. The molecule has 20 heavy (non-hydrogen) atoms. The Hall–Kier alpha value is -1.91. The lowest BCUT2D eigenvalue weighted by Crippen LogP contribution is -2.30. The van der Waals surface area contributed by atoms with Crippen molar-refractivity contribution in [2.75, 3.05) is 18.0 Å². The molecule has 2 aromatic heterocycles. The quantitative estimate of drug-likeness (QED) is 0.842. The van der Waals surface area contributed by atoms with E-state index in [-0.39, 0.29) is 0 Å². The van der Waals surface area contributed by atoms with Crippen LogP contribution in [-0.2, 0) is 0 Å². The minimum atomic E-state index is 0.802. The van der Waals surface area contributed by atoms with Gasteiger partial charge in [0.15, 0.2) is 5.82 Å². The molecule has 0 unspecified atom stereocenters. The summed E-state index contributed by atoms with van der Waals surface area (Å²) in [6, 6.07) is 4.12. The molecule has 0 spiro atoms. The van der Waals surface area contributed by atoms with Gasteiger partial charge in [-0.05, 0) is 46.1 Å². The molecule has 0 radical (unpaired) electrons. The summed E-state index contributed by atoms with van der Waals surface area (Å²) in [5.41, 5.74) is 2.11. The second-order valence-electron chi connectivity index (χ2n) is 5.52. The van der Waals surface area contributed by atoms with E-state index >= 15 is 0 Å². The third-order valence-corrected chi connectivity index (χ3v) is 3.72. The lowest BCUT2D eigenvalue weighted by molar-refractivity contribution is 0.572. The predicted octanol–water partition coefficient (Wildman–Crippen LogP) is 2.58. The van der Waals surface area contributed by atoms with Crippen LogP contribution in [0.4, 0.5) is 5.82 Å². The van der Waals surface area contributed by atoms with Crippen molar-refractivity contribution in [1.29, 1.82) is 0 Å². The SMILES string of the molecule is Cc1cc(C)n(-c2cc(N3CCCCC3)nc(C)n2)n1. The molecular formula is C15H21N5. The summed E-state index contributed by atoms with van der Waals surface area (Å²) >= 11 is 0.